The summed E-state index contributed by atoms with van der Waals surface area (Å²) in [5, 5.41) is 2.18. The van der Waals surface area contributed by atoms with Crippen LogP contribution in [0.1, 0.15) is 42.3 Å². The Labute approximate surface area is 284 Å². The van der Waals surface area contributed by atoms with E-state index in [1.165, 1.54) is 16.8 Å². The number of hydrogen-bond donors (Lipinski definition) is 0. The zero-order valence-corrected chi connectivity index (χ0v) is 27.3. The van der Waals surface area contributed by atoms with Gasteiger partial charge in [-0.15, -0.1) is 0 Å². The summed E-state index contributed by atoms with van der Waals surface area (Å²) in [5.74, 6) is 0. The first-order chi connectivity index (χ1) is 24.0. The van der Waals surface area contributed by atoms with E-state index in [1.54, 1.807) is 6.20 Å². The topological polar surface area (TPSA) is 34.0 Å². The number of nitrogens with zero attached hydrogens (tertiary/aromatic N) is 4. The molecule has 1 aliphatic heterocycles. The molecule has 1 unspecified atom stereocenters. The second kappa shape index (κ2) is 11.3. The molecule has 0 aliphatic carbocycles. The maximum atomic E-state index is 16.6. The summed E-state index contributed by atoms with van der Waals surface area (Å²) in [5.41, 5.74) is 11.2. The summed E-state index contributed by atoms with van der Waals surface area (Å²) in [6, 6.07) is 49.1. The number of alkyl halides is 1. The third-order valence-electron chi connectivity index (χ3n) is 9.93. The van der Waals surface area contributed by atoms with Gasteiger partial charge in [0.05, 0.1) is 22.6 Å². The number of fused-ring (bicyclic) bond motifs is 6. The molecule has 0 saturated heterocycles. The van der Waals surface area contributed by atoms with Crippen molar-refractivity contribution in [3.63, 3.8) is 0 Å². The smallest absolute Gasteiger partial charge is 0.150 e. The van der Waals surface area contributed by atoms with Crippen molar-refractivity contribution in [2.24, 2.45) is 0 Å². The van der Waals surface area contributed by atoms with Crippen LogP contribution in [0.25, 0.3) is 38.9 Å². The van der Waals surface area contributed by atoms with Gasteiger partial charge >= 0.3 is 0 Å². The molecule has 0 spiro atoms. The number of pyridine rings is 2. The van der Waals surface area contributed by atoms with Crippen LogP contribution in [0.15, 0.2) is 158 Å². The highest BCUT2D eigenvalue weighted by Gasteiger charge is 2.39. The van der Waals surface area contributed by atoms with Gasteiger partial charge in [-0.3, -0.25) is 9.55 Å². The molecule has 1 aliphatic rings. The average molecular weight is 637 g/mol. The van der Waals surface area contributed by atoms with Gasteiger partial charge in [0.25, 0.3) is 0 Å². The molecule has 3 aromatic heterocycles. The standard InChI is InChI=1S/C44H33FN4/c1-44(2)36-20-6-7-22-38(36)48(32-16-4-3-5-17-32)39-24-23-34-35-19-12-26-47-43(35)49(42(34)40(39)44)33-18-11-15-31(28-33)41(45)30-14-10-13-29(27-30)37-21-8-9-25-46-37/h3-28,41H,1-2H3. The second-order valence-electron chi connectivity index (χ2n) is 13.2. The Bertz CT molecular complexity index is 2500. The van der Waals surface area contributed by atoms with Crippen LogP contribution in [0, 0.1) is 0 Å². The molecule has 0 amide bonds. The minimum Gasteiger partial charge on any atom is -0.310 e. The van der Waals surface area contributed by atoms with Gasteiger partial charge in [-0.05, 0) is 83.4 Å². The van der Waals surface area contributed by atoms with Crippen molar-refractivity contribution in [1.29, 1.82) is 0 Å². The van der Waals surface area contributed by atoms with Crippen molar-refractivity contribution in [2.75, 3.05) is 4.90 Å². The zero-order chi connectivity index (χ0) is 33.1. The summed E-state index contributed by atoms with van der Waals surface area (Å²) < 4.78 is 18.8. The van der Waals surface area contributed by atoms with E-state index in [4.69, 9.17) is 4.98 Å². The summed E-state index contributed by atoms with van der Waals surface area (Å²) in [6.45, 7) is 4.62. The summed E-state index contributed by atoms with van der Waals surface area (Å²) >= 11 is 0. The van der Waals surface area contributed by atoms with E-state index in [0.717, 1.165) is 50.3 Å². The van der Waals surface area contributed by atoms with E-state index in [1.807, 2.05) is 72.9 Å². The third-order valence-corrected chi connectivity index (χ3v) is 9.93. The van der Waals surface area contributed by atoms with Gasteiger partial charge in [-0.1, -0.05) is 92.7 Å². The van der Waals surface area contributed by atoms with Crippen molar-refractivity contribution in [3.8, 4) is 16.9 Å². The zero-order valence-electron chi connectivity index (χ0n) is 27.3. The van der Waals surface area contributed by atoms with E-state index in [0.29, 0.717) is 11.1 Å². The average Bonchev–Trinajstić information content (AvgIpc) is 3.50. The van der Waals surface area contributed by atoms with Crippen molar-refractivity contribution < 1.29 is 4.39 Å². The Morgan fingerprint density at radius 3 is 2.16 bits per heavy atom. The normalized spacial score (nSPS) is 14.1. The first kappa shape index (κ1) is 29.1. The molecule has 236 valence electrons. The lowest BCUT2D eigenvalue weighted by Crippen LogP contribution is -2.31. The lowest BCUT2D eigenvalue weighted by Gasteiger charge is -2.42. The van der Waals surface area contributed by atoms with E-state index in [2.05, 4.69) is 107 Å². The number of halogens is 1. The van der Waals surface area contributed by atoms with Gasteiger partial charge in [-0.25, -0.2) is 9.37 Å². The number of aromatic nitrogens is 3. The molecule has 0 N–H and O–H groups in total. The van der Waals surface area contributed by atoms with Gasteiger partial charge < -0.3 is 4.90 Å². The molecule has 0 bridgehead atoms. The SMILES string of the molecule is CC1(C)c2ccccc2N(c2ccccc2)c2ccc3c4cccnc4n(-c4cccc(C(F)c5cccc(-c6ccccn6)c5)c4)c3c21. The molecule has 8 aromatic rings. The molecule has 5 heteroatoms. The maximum Gasteiger partial charge on any atom is 0.150 e. The van der Waals surface area contributed by atoms with Gasteiger partial charge in [-0.2, -0.15) is 0 Å². The van der Waals surface area contributed by atoms with Crippen LogP contribution in [0.3, 0.4) is 0 Å². The van der Waals surface area contributed by atoms with Gasteiger partial charge in [0.2, 0.25) is 0 Å². The fourth-order valence-electron chi connectivity index (χ4n) is 7.70. The number of anilines is 3. The van der Waals surface area contributed by atoms with Crippen LogP contribution in [-0.2, 0) is 5.41 Å². The van der Waals surface area contributed by atoms with Crippen molar-refractivity contribution in [1.82, 2.24) is 14.5 Å². The van der Waals surface area contributed by atoms with Crippen molar-refractivity contribution in [2.45, 2.75) is 25.4 Å². The number of benzene rings is 5. The Kier molecular flexibility index (Phi) is 6.70. The van der Waals surface area contributed by atoms with Crippen LogP contribution < -0.4 is 4.90 Å². The highest BCUT2D eigenvalue weighted by molar-refractivity contribution is 6.12. The number of hydrogen-bond acceptors (Lipinski definition) is 3. The lowest BCUT2D eigenvalue weighted by atomic mass is 9.72. The molecular weight excluding hydrogens is 604 g/mol. The Morgan fingerprint density at radius 1 is 0.592 bits per heavy atom. The lowest BCUT2D eigenvalue weighted by molar-refractivity contribution is 0.402. The monoisotopic (exact) mass is 636 g/mol. The molecule has 1 atom stereocenters. The quantitative estimate of drug-likeness (QED) is 0.188. The van der Waals surface area contributed by atoms with E-state index < -0.39 is 6.17 Å². The van der Waals surface area contributed by atoms with Gasteiger partial charge in [0.1, 0.15) is 5.65 Å². The predicted octanol–water partition coefficient (Wildman–Crippen LogP) is 11.4. The Hall–Kier alpha value is -6.07. The molecule has 9 rings (SSSR count). The van der Waals surface area contributed by atoms with Crippen LogP contribution in [0.4, 0.5) is 21.5 Å². The largest absolute Gasteiger partial charge is 0.310 e. The van der Waals surface area contributed by atoms with Crippen molar-refractivity contribution >= 4 is 39.0 Å². The predicted molar refractivity (Wildman–Crippen MR) is 198 cm³/mol. The maximum absolute atomic E-state index is 16.6. The minimum atomic E-state index is -1.32. The number of rotatable bonds is 5. The Morgan fingerprint density at radius 2 is 1.33 bits per heavy atom. The molecule has 0 radical (unpaired) electrons. The van der Waals surface area contributed by atoms with Crippen LogP contribution >= 0.6 is 0 Å². The third kappa shape index (κ3) is 4.57. The molecular formula is C44H33FN4. The minimum absolute atomic E-state index is 0.352. The molecule has 0 saturated carbocycles. The summed E-state index contributed by atoms with van der Waals surface area (Å²) in [7, 11) is 0. The molecule has 49 heavy (non-hydrogen) atoms. The Balaban J connectivity index is 1.27. The number of para-hydroxylation sites is 2. The van der Waals surface area contributed by atoms with Crippen LogP contribution in [-0.4, -0.2) is 14.5 Å². The van der Waals surface area contributed by atoms with E-state index >= 15 is 4.39 Å². The van der Waals surface area contributed by atoms with Crippen molar-refractivity contribution in [3.05, 3.63) is 180 Å². The highest BCUT2D eigenvalue weighted by atomic mass is 19.1. The summed E-state index contributed by atoms with van der Waals surface area (Å²) in [4.78, 5) is 11.8. The fourth-order valence-corrected chi connectivity index (χ4v) is 7.70. The van der Waals surface area contributed by atoms with Crippen LogP contribution in [0.5, 0.6) is 0 Å². The first-order valence-electron chi connectivity index (χ1n) is 16.6. The highest BCUT2D eigenvalue weighted by Crippen LogP contribution is 2.55. The first-order valence-corrected chi connectivity index (χ1v) is 16.6. The fraction of sp³-hybridized carbons (Fsp3) is 0.0909. The van der Waals surface area contributed by atoms with Gasteiger partial charge in [0.15, 0.2) is 6.17 Å². The molecule has 0 fully saturated rings. The molecule has 5 aromatic carbocycles. The molecule has 4 heterocycles. The van der Waals surface area contributed by atoms with Crippen LogP contribution in [0.2, 0.25) is 0 Å². The summed E-state index contributed by atoms with van der Waals surface area (Å²) in [6.07, 6.45) is 2.28. The molecule has 4 nitrogen and oxygen atoms in total. The van der Waals surface area contributed by atoms with E-state index in [-0.39, 0.29) is 5.41 Å². The second-order valence-corrected chi connectivity index (χ2v) is 13.2. The van der Waals surface area contributed by atoms with Gasteiger partial charge in [0, 0.05) is 51.1 Å². The van der Waals surface area contributed by atoms with E-state index in [9.17, 15) is 0 Å².